The molecule has 1 N–H and O–H groups in total. The fourth-order valence-corrected chi connectivity index (χ4v) is 1.11. The van der Waals surface area contributed by atoms with Crippen LogP contribution in [0.15, 0.2) is 35.5 Å². The number of benzene rings is 1. The lowest BCUT2D eigenvalue weighted by molar-refractivity contribution is 0.317. The first-order chi connectivity index (χ1) is 6.29. The monoisotopic (exact) mass is 174 g/mol. The van der Waals surface area contributed by atoms with E-state index in [9.17, 15) is 0 Å². The van der Waals surface area contributed by atoms with Gasteiger partial charge in [-0.3, -0.25) is 0 Å². The van der Waals surface area contributed by atoms with Crippen LogP contribution in [0, 0.1) is 11.3 Å². The van der Waals surface area contributed by atoms with E-state index < -0.39 is 5.92 Å². The first kappa shape index (κ1) is 9.27. The SMILES string of the molecule is CC(=NO)C(C#N)c1ccccc1. The third-order valence-corrected chi connectivity index (χ3v) is 1.84. The molecule has 1 atom stereocenters. The van der Waals surface area contributed by atoms with E-state index >= 15 is 0 Å². The number of oxime groups is 1. The van der Waals surface area contributed by atoms with E-state index in [0.717, 1.165) is 5.56 Å². The molecule has 0 aliphatic heterocycles. The fraction of sp³-hybridized carbons (Fsp3) is 0.200. The van der Waals surface area contributed by atoms with Gasteiger partial charge in [0.1, 0.15) is 5.92 Å². The molecule has 0 radical (unpaired) electrons. The summed E-state index contributed by atoms with van der Waals surface area (Å²) in [6, 6.07) is 11.3. The highest BCUT2D eigenvalue weighted by Gasteiger charge is 2.13. The normalized spacial score (nSPS) is 13.4. The van der Waals surface area contributed by atoms with Gasteiger partial charge in [0.05, 0.1) is 11.8 Å². The van der Waals surface area contributed by atoms with Crippen molar-refractivity contribution in [3.8, 4) is 6.07 Å². The van der Waals surface area contributed by atoms with Crippen LogP contribution in [0.4, 0.5) is 0 Å². The minimum atomic E-state index is -0.453. The molecule has 1 rings (SSSR count). The molecule has 13 heavy (non-hydrogen) atoms. The smallest absolute Gasteiger partial charge is 0.112 e. The summed E-state index contributed by atoms with van der Waals surface area (Å²) >= 11 is 0. The predicted octanol–water partition coefficient (Wildman–Crippen LogP) is 2.14. The van der Waals surface area contributed by atoms with Crippen molar-refractivity contribution in [2.75, 3.05) is 0 Å². The molecule has 0 fully saturated rings. The molecule has 3 heteroatoms. The Labute approximate surface area is 76.9 Å². The molecule has 3 nitrogen and oxygen atoms in total. The Morgan fingerprint density at radius 1 is 1.46 bits per heavy atom. The van der Waals surface area contributed by atoms with Gasteiger partial charge in [0, 0.05) is 0 Å². The van der Waals surface area contributed by atoms with Gasteiger partial charge in [-0.15, -0.1) is 0 Å². The van der Waals surface area contributed by atoms with E-state index in [1.165, 1.54) is 0 Å². The first-order valence-corrected chi connectivity index (χ1v) is 3.92. The molecule has 0 aliphatic carbocycles. The Morgan fingerprint density at radius 2 is 2.08 bits per heavy atom. The van der Waals surface area contributed by atoms with Crippen LogP contribution in [0.25, 0.3) is 0 Å². The number of nitrogens with zero attached hydrogens (tertiary/aromatic N) is 2. The molecule has 1 unspecified atom stereocenters. The molecule has 0 aliphatic rings. The molecule has 0 bridgehead atoms. The molecule has 0 saturated heterocycles. The van der Waals surface area contributed by atoms with E-state index in [0.29, 0.717) is 5.71 Å². The van der Waals surface area contributed by atoms with Crippen molar-refractivity contribution in [3.63, 3.8) is 0 Å². The van der Waals surface area contributed by atoms with Crippen LogP contribution in [0.3, 0.4) is 0 Å². The van der Waals surface area contributed by atoms with E-state index in [2.05, 4.69) is 11.2 Å². The third kappa shape index (κ3) is 2.06. The largest absolute Gasteiger partial charge is 0.411 e. The molecular weight excluding hydrogens is 164 g/mol. The van der Waals surface area contributed by atoms with Gasteiger partial charge in [-0.05, 0) is 12.5 Å². The quantitative estimate of drug-likeness (QED) is 0.424. The van der Waals surface area contributed by atoms with Crippen molar-refractivity contribution >= 4 is 5.71 Å². The van der Waals surface area contributed by atoms with Crippen molar-refractivity contribution in [2.45, 2.75) is 12.8 Å². The van der Waals surface area contributed by atoms with Crippen molar-refractivity contribution in [1.82, 2.24) is 0 Å². The Morgan fingerprint density at radius 3 is 2.54 bits per heavy atom. The lowest BCUT2D eigenvalue weighted by atomic mass is 9.97. The van der Waals surface area contributed by atoms with Crippen molar-refractivity contribution in [2.24, 2.45) is 5.16 Å². The molecule has 0 heterocycles. The molecule has 0 spiro atoms. The second kappa shape index (κ2) is 4.27. The molecule has 0 aromatic heterocycles. The van der Waals surface area contributed by atoms with Crippen LogP contribution in [0.1, 0.15) is 18.4 Å². The highest BCUT2D eigenvalue weighted by atomic mass is 16.4. The maximum atomic E-state index is 8.84. The van der Waals surface area contributed by atoms with Crippen LogP contribution in [-0.4, -0.2) is 10.9 Å². The predicted molar refractivity (Wildman–Crippen MR) is 49.7 cm³/mol. The van der Waals surface area contributed by atoms with Gasteiger partial charge < -0.3 is 5.21 Å². The Kier molecular flexibility index (Phi) is 3.04. The molecule has 1 aromatic carbocycles. The average Bonchev–Trinajstić information content (AvgIpc) is 2.20. The van der Waals surface area contributed by atoms with Crippen molar-refractivity contribution < 1.29 is 5.21 Å². The molecule has 0 saturated carbocycles. The zero-order chi connectivity index (χ0) is 9.68. The highest BCUT2D eigenvalue weighted by Crippen LogP contribution is 2.15. The summed E-state index contributed by atoms with van der Waals surface area (Å²) in [6.45, 7) is 1.63. The van der Waals surface area contributed by atoms with Crippen LogP contribution >= 0.6 is 0 Å². The van der Waals surface area contributed by atoms with Gasteiger partial charge in [0.25, 0.3) is 0 Å². The second-order valence-corrected chi connectivity index (χ2v) is 2.71. The van der Waals surface area contributed by atoms with E-state index in [1.54, 1.807) is 6.92 Å². The average molecular weight is 174 g/mol. The lowest BCUT2D eigenvalue weighted by Gasteiger charge is -2.06. The molecule has 0 amide bonds. The van der Waals surface area contributed by atoms with Crippen LogP contribution in [0.5, 0.6) is 0 Å². The van der Waals surface area contributed by atoms with Gasteiger partial charge in [-0.2, -0.15) is 5.26 Å². The number of hydrogen-bond donors (Lipinski definition) is 1. The Hall–Kier alpha value is -1.82. The van der Waals surface area contributed by atoms with Gasteiger partial charge >= 0.3 is 0 Å². The summed E-state index contributed by atoms with van der Waals surface area (Å²) in [5.74, 6) is -0.453. The summed E-state index contributed by atoms with van der Waals surface area (Å²) in [6.07, 6.45) is 0. The van der Waals surface area contributed by atoms with E-state index in [4.69, 9.17) is 10.5 Å². The van der Waals surface area contributed by atoms with Gasteiger partial charge in [-0.1, -0.05) is 35.5 Å². The topological polar surface area (TPSA) is 56.4 Å². The Bertz CT molecular complexity index is 338. The van der Waals surface area contributed by atoms with E-state index in [-0.39, 0.29) is 0 Å². The Balaban J connectivity index is 3.00. The number of hydrogen-bond acceptors (Lipinski definition) is 3. The van der Waals surface area contributed by atoms with Crippen LogP contribution in [-0.2, 0) is 0 Å². The molecular formula is C10H10N2O. The number of rotatable bonds is 2. The van der Waals surface area contributed by atoms with Crippen molar-refractivity contribution in [1.29, 1.82) is 5.26 Å². The molecule has 66 valence electrons. The standard InChI is InChI=1S/C10H10N2O/c1-8(12-13)10(7-11)9-5-3-2-4-6-9/h2-6,10,13H,1H3. The zero-order valence-electron chi connectivity index (χ0n) is 7.31. The molecule has 1 aromatic rings. The summed E-state index contributed by atoms with van der Waals surface area (Å²) in [5, 5.41) is 20.4. The summed E-state index contributed by atoms with van der Waals surface area (Å²) in [5.41, 5.74) is 1.26. The summed E-state index contributed by atoms with van der Waals surface area (Å²) in [7, 11) is 0. The maximum Gasteiger partial charge on any atom is 0.112 e. The van der Waals surface area contributed by atoms with Crippen LogP contribution < -0.4 is 0 Å². The maximum absolute atomic E-state index is 8.84. The fourth-order valence-electron chi connectivity index (χ4n) is 1.11. The minimum Gasteiger partial charge on any atom is -0.411 e. The van der Waals surface area contributed by atoms with Gasteiger partial charge in [0.15, 0.2) is 0 Å². The summed E-state index contributed by atoms with van der Waals surface area (Å²) < 4.78 is 0. The van der Waals surface area contributed by atoms with Gasteiger partial charge in [-0.25, -0.2) is 0 Å². The second-order valence-electron chi connectivity index (χ2n) is 2.71. The van der Waals surface area contributed by atoms with E-state index in [1.807, 2.05) is 30.3 Å². The first-order valence-electron chi connectivity index (χ1n) is 3.92. The number of nitriles is 1. The van der Waals surface area contributed by atoms with Gasteiger partial charge in [0.2, 0.25) is 0 Å². The van der Waals surface area contributed by atoms with Crippen molar-refractivity contribution in [3.05, 3.63) is 35.9 Å². The summed E-state index contributed by atoms with van der Waals surface area (Å²) in [4.78, 5) is 0. The lowest BCUT2D eigenvalue weighted by Crippen LogP contribution is -2.06. The zero-order valence-corrected chi connectivity index (χ0v) is 7.31. The highest BCUT2D eigenvalue weighted by molar-refractivity contribution is 5.90. The third-order valence-electron chi connectivity index (χ3n) is 1.84. The minimum absolute atomic E-state index is 0.411. The van der Waals surface area contributed by atoms with Crippen LogP contribution in [0.2, 0.25) is 0 Å².